The summed E-state index contributed by atoms with van der Waals surface area (Å²) < 4.78 is 0. The van der Waals surface area contributed by atoms with Gasteiger partial charge in [0.05, 0.1) is 0 Å². The predicted octanol–water partition coefficient (Wildman–Crippen LogP) is 11.5. The van der Waals surface area contributed by atoms with Gasteiger partial charge in [0.25, 0.3) is 0 Å². The van der Waals surface area contributed by atoms with Crippen molar-refractivity contribution in [2.24, 2.45) is 64.1 Å². The summed E-state index contributed by atoms with van der Waals surface area (Å²) in [6.45, 7) is 15.4. The topological polar surface area (TPSA) is 0 Å². The van der Waals surface area contributed by atoms with Crippen molar-refractivity contribution < 1.29 is 0 Å². The Balaban J connectivity index is 1.53. The molecule has 0 heterocycles. The lowest BCUT2D eigenvalue weighted by molar-refractivity contribution is -0.0181. The monoisotopic (exact) mass is 530 g/mol. The molecule has 0 nitrogen and oxygen atoms in total. The van der Waals surface area contributed by atoms with Crippen molar-refractivity contribution in [1.82, 2.24) is 0 Å². The maximum Gasteiger partial charge on any atom is 0.00431 e. The Morgan fingerprint density at radius 3 is 1.33 bits per heavy atom. The van der Waals surface area contributed by atoms with Gasteiger partial charge in [-0.25, -0.2) is 0 Å². The Hall–Kier alpha value is -0.780. The number of hydrogen-bond donors (Lipinski definition) is 0. The van der Waals surface area contributed by atoms with Gasteiger partial charge in [-0.15, -0.1) is 0 Å². The molecule has 5 fully saturated rings. The van der Waals surface area contributed by atoms with Crippen LogP contribution in [0.5, 0.6) is 0 Å². The highest BCUT2D eigenvalue weighted by Gasteiger charge is 2.64. The molecule has 0 aliphatic heterocycles. The largest absolute Gasteiger partial charge is 0.0622 e. The van der Waals surface area contributed by atoms with E-state index in [2.05, 4.69) is 71.9 Å². The van der Waals surface area contributed by atoms with Gasteiger partial charge in [-0.1, -0.05) is 104 Å². The van der Waals surface area contributed by atoms with Gasteiger partial charge in [-0.2, -0.15) is 0 Å². The molecule has 7 atom stereocenters. The van der Waals surface area contributed by atoms with Crippen LogP contribution in [-0.2, 0) is 5.41 Å². The first-order chi connectivity index (χ1) is 18.6. The molecule has 0 aromatic heterocycles. The molecule has 5 aliphatic rings. The molecular weight excluding hydrogens is 468 g/mol. The Labute approximate surface area is 242 Å². The molecule has 5 saturated carbocycles. The van der Waals surface area contributed by atoms with Crippen LogP contribution in [0.25, 0.3) is 0 Å². The molecule has 218 valence electrons. The van der Waals surface area contributed by atoms with E-state index < -0.39 is 0 Å². The van der Waals surface area contributed by atoms with E-state index in [1.165, 1.54) is 96.3 Å². The first-order valence-electron chi connectivity index (χ1n) is 17.7. The Kier molecular flexibility index (Phi) is 7.85. The molecule has 1 aromatic rings. The van der Waals surface area contributed by atoms with E-state index in [1.54, 1.807) is 5.56 Å². The van der Waals surface area contributed by atoms with Crippen molar-refractivity contribution in [1.29, 1.82) is 0 Å². The van der Waals surface area contributed by atoms with E-state index in [0.29, 0.717) is 16.2 Å². The fourth-order valence-electron chi connectivity index (χ4n) is 12.2. The van der Waals surface area contributed by atoms with Gasteiger partial charge in [0, 0.05) is 5.41 Å². The summed E-state index contributed by atoms with van der Waals surface area (Å²) in [6, 6.07) is 12.4. The summed E-state index contributed by atoms with van der Waals surface area (Å²) in [5, 5.41) is 0. The van der Waals surface area contributed by atoms with Gasteiger partial charge in [0.2, 0.25) is 0 Å². The van der Waals surface area contributed by atoms with Gasteiger partial charge in [0.1, 0.15) is 0 Å². The van der Waals surface area contributed by atoms with E-state index >= 15 is 0 Å². The highest BCUT2D eigenvalue weighted by Crippen LogP contribution is 2.70. The van der Waals surface area contributed by atoms with Crippen LogP contribution in [-0.4, -0.2) is 0 Å². The normalized spacial score (nSPS) is 38.3. The molecule has 39 heavy (non-hydrogen) atoms. The molecule has 7 unspecified atom stereocenters. The van der Waals surface area contributed by atoms with E-state index in [1.807, 2.05) is 0 Å². The standard InChI is InChI=1S/C39H62/c1-37(2,3)30-21-23-32-33-24-22-31(38(4,5)6)26-35(33)36(34(32)25-30)39(29-19-13-14-20-29,27-15-9-7-10-16-27)28-17-11-8-12-18-28/h7,9-10,15-16,28-36H,8,11-14,17-26H2,1-6H3. The number of benzene rings is 1. The molecule has 0 spiro atoms. The smallest absolute Gasteiger partial charge is 0.00431 e. The van der Waals surface area contributed by atoms with E-state index in [-0.39, 0.29) is 0 Å². The Bertz CT molecular complexity index is 894. The molecule has 0 radical (unpaired) electrons. The molecule has 1 aromatic carbocycles. The lowest BCUT2D eigenvalue weighted by Gasteiger charge is -2.57. The van der Waals surface area contributed by atoms with Gasteiger partial charge < -0.3 is 0 Å². The summed E-state index contributed by atoms with van der Waals surface area (Å²) in [4.78, 5) is 0. The van der Waals surface area contributed by atoms with Crippen molar-refractivity contribution in [3.8, 4) is 0 Å². The summed E-state index contributed by atoms with van der Waals surface area (Å²) in [6.07, 6.45) is 22.5. The molecule has 0 heteroatoms. The highest BCUT2D eigenvalue weighted by molar-refractivity contribution is 5.32. The molecule has 5 aliphatic carbocycles. The number of fused-ring (bicyclic) bond motifs is 3. The Morgan fingerprint density at radius 2 is 0.897 bits per heavy atom. The third-order valence-corrected chi connectivity index (χ3v) is 14.0. The van der Waals surface area contributed by atoms with Gasteiger partial charge in [-0.05, 0) is 134 Å². The molecule has 0 N–H and O–H groups in total. The average Bonchev–Trinajstić information content (AvgIpc) is 3.57. The van der Waals surface area contributed by atoms with Gasteiger partial charge in [-0.3, -0.25) is 0 Å². The first kappa shape index (κ1) is 28.3. The van der Waals surface area contributed by atoms with Crippen molar-refractivity contribution in [3.05, 3.63) is 35.9 Å². The van der Waals surface area contributed by atoms with Gasteiger partial charge in [0.15, 0.2) is 0 Å². The second kappa shape index (κ2) is 10.8. The van der Waals surface area contributed by atoms with E-state index in [4.69, 9.17) is 0 Å². The zero-order chi connectivity index (χ0) is 27.4. The number of hydrogen-bond acceptors (Lipinski definition) is 0. The van der Waals surface area contributed by atoms with Crippen LogP contribution in [0.2, 0.25) is 0 Å². The minimum atomic E-state index is 0.417. The average molecular weight is 531 g/mol. The van der Waals surface area contributed by atoms with Crippen molar-refractivity contribution >= 4 is 0 Å². The minimum absolute atomic E-state index is 0.417. The quantitative estimate of drug-likeness (QED) is 0.363. The van der Waals surface area contributed by atoms with Crippen LogP contribution >= 0.6 is 0 Å². The van der Waals surface area contributed by atoms with Crippen LogP contribution in [0, 0.1) is 64.1 Å². The minimum Gasteiger partial charge on any atom is -0.0622 e. The second-order valence-electron chi connectivity index (χ2n) is 17.5. The van der Waals surface area contributed by atoms with Gasteiger partial charge >= 0.3 is 0 Å². The summed E-state index contributed by atoms with van der Waals surface area (Å²) in [7, 11) is 0. The maximum atomic E-state index is 2.64. The van der Waals surface area contributed by atoms with E-state index in [0.717, 1.165) is 53.3 Å². The van der Waals surface area contributed by atoms with Crippen molar-refractivity contribution in [2.75, 3.05) is 0 Å². The predicted molar refractivity (Wildman–Crippen MR) is 168 cm³/mol. The fourth-order valence-corrected chi connectivity index (χ4v) is 12.2. The van der Waals surface area contributed by atoms with Crippen LogP contribution in [0.4, 0.5) is 0 Å². The molecule has 0 bridgehead atoms. The van der Waals surface area contributed by atoms with Crippen LogP contribution in [0.1, 0.15) is 143 Å². The maximum absolute atomic E-state index is 2.64. The second-order valence-corrected chi connectivity index (χ2v) is 17.5. The van der Waals surface area contributed by atoms with Crippen LogP contribution in [0.3, 0.4) is 0 Å². The lowest BCUT2D eigenvalue weighted by atomic mass is 9.47. The summed E-state index contributed by atoms with van der Waals surface area (Å²) >= 11 is 0. The highest BCUT2D eigenvalue weighted by atomic mass is 14.7. The van der Waals surface area contributed by atoms with E-state index in [9.17, 15) is 0 Å². The van der Waals surface area contributed by atoms with Crippen molar-refractivity contribution in [2.45, 2.75) is 143 Å². The van der Waals surface area contributed by atoms with Crippen LogP contribution in [0.15, 0.2) is 30.3 Å². The summed E-state index contributed by atoms with van der Waals surface area (Å²) in [5.41, 5.74) is 3.11. The molecular formula is C39H62. The molecule has 0 amide bonds. The van der Waals surface area contributed by atoms with Crippen LogP contribution < -0.4 is 0 Å². The zero-order valence-corrected chi connectivity index (χ0v) is 26.7. The fraction of sp³-hybridized carbons (Fsp3) is 0.846. The molecule has 6 rings (SSSR count). The number of rotatable bonds is 4. The zero-order valence-electron chi connectivity index (χ0n) is 26.7. The lowest BCUT2D eigenvalue weighted by Crippen LogP contribution is -2.53. The third-order valence-electron chi connectivity index (χ3n) is 14.0. The Morgan fingerprint density at radius 1 is 0.462 bits per heavy atom. The summed E-state index contributed by atoms with van der Waals surface area (Å²) in [5.74, 6) is 8.48. The SMILES string of the molecule is CC(C)(C)C1CCC2C3CCC(C(C)(C)C)CC3C(C(c3ccccc3)(C3CCCCC3)C3CCCC3)C2C1. The van der Waals surface area contributed by atoms with Crippen molar-refractivity contribution in [3.63, 3.8) is 0 Å². The first-order valence-corrected chi connectivity index (χ1v) is 17.7. The third kappa shape index (κ3) is 4.99. The molecule has 0 saturated heterocycles.